The largest absolute Gasteiger partial charge is 0.396 e. The Labute approximate surface area is 118 Å². The zero-order valence-corrected chi connectivity index (χ0v) is 13.5. The molecular formula is C15H32N2O2. The normalized spacial score (nSPS) is 29.1. The molecule has 2 unspecified atom stereocenters. The molecule has 0 aromatic rings. The minimum atomic E-state index is -0.140. The number of rotatable bonds is 7. The van der Waals surface area contributed by atoms with Gasteiger partial charge in [0.1, 0.15) is 0 Å². The summed E-state index contributed by atoms with van der Waals surface area (Å²) in [5, 5.41) is 12.4. The van der Waals surface area contributed by atoms with Gasteiger partial charge in [-0.3, -0.25) is 0 Å². The van der Waals surface area contributed by atoms with Crippen LogP contribution < -0.4 is 5.32 Å². The van der Waals surface area contributed by atoms with E-state index in [1.54, 1.807) is 0 Å². The van der Waals surface area contributed by atoms with E-state index in [1.165, 1.54) is 0 Å². The molecular weight excluding hydrogens is 240 g/mol. The Morgan fingerprint density at radius 2 is 1.84 bits per heavy atom. The molecule has 114 valence electrons. The molecule has 4 nitrogen and oxygen atoms in total. The lowest BCUT2D eigenvalue weighted by Crippen LogP contribution is -2.49. The standard InChI is InChI=1S/C15H32N2O2/c1-7-17(9-8-10-18)11-12-13(16-6)15(4,5)19-14(12,2)3/h12-13,16,18H,7-11H2,1-6H3. The summed E-state index contributed by atoms with van der Waals surface area (Å²) in [6.45, 7) is 14.1. The first-order chi connectivity index (χ1) is 8.78. The maximum atomic E-state index is 8.99. The van der Waals surface area contributed by atoms with Crippen LogP contribution in [0.3, 0.4) is 0 Å². The van der Waals surface area contributed by atoms with Gasteiger partial charge in [-0.25, -0.2) is 0 Å². The van der Waals surface area contributed by atoms with Gasteiger partial charge < -0.3 is 20.1 Å². The van der Waals surface area contributed by atoms with Crippen molar-refractivity contribution < 1.29 is 9.84 Å². The third kappa shape index (κ3) is 3.91. The first-order valence-corrected chi connectivity index (χ1v) is 7.49. The van der Waals surface area contributed by atoms with E-state index in [-0.39, 0.29) is 17.8 Å². The fourth-order valence-electron chi connectivity index (χ4n) is 3.53. The topological polar surface area (TPSA) is 44.7 Å². The van der Waals surface area contributed by atoms with E-state index in [2.05, 4.69) is 44.8 Å². The van der Waals surface area contributed by atoms with Gasteiger partial charge in [-0.05, 0) is 47.7 Å². The van der Waals surface area contributed by atoms with E-state index in [9.17, 15) is 0 Å². The van der Waals surface area contributed by atoms with Crippen molar-refractivity contribution in [3.05, 3.63) is 0 Å². The van der Waals surface area contributed by atoms with E-state index in [0.29, 0.717) is 12.0 Å². The number of hydrogen-bond acceptors (Lipinski definition) is 4. The molecule has 0 saturated carbocycles. The Balaban J connectivity index is 2.77. The summed E-state index contributed by atoms with van der Waals surface area (Å²) >= 11 is 0. The molecule has 1 fully saturated rings. The Morgan fingerprint density at radius 1 is 1.21 bits per heavy atom. The highest BCUT2D eigenvalue weighted by Crippen LogP contribution is 2.42. The lowest BCUT2D eigenvalue weighted by atomic mass is 9.82. The lowest BCUT2D eigenvalue weighted by molar-refractivity contribution is -0.0793. The highest BCUT2D eigenvalue weighted by atomic mass is 16.5. The van der Waals surface area contributed by atoms with Crippen molar-refractivity contribution in [1.29, 1.82) is 0 Å². The van der Waals surface area contributed by atoms with E-state index < -0.39 is 0 Å². The molecule has 1 aliphatic heterocycles. The van der Waals surface area contributed by atoms with Gasteiger partial charge in [0.15, 0.2) is 0 Å². The molecule has 19 heavy (non-hydrogen) atoms. The second kappa shape index (κ2) is 6.53. The maximum Gasteiger partial charge on any atom is 0.0790 e. The average Bonchev–Trinajstić information content (AvgIpc) is 2.48. The molecule has 0 radical (unpaired) electrons. The van der Waals surface area contributed by atoms with Crippen LogP contribution in [-0.2, 0) is 4.74 Å². The highest BCUT2D eigenvalue weighted by Gasteiger charge is 2.53. The second-order valence-electron chi connectivity index (χ2n) is 6.65. The predicted octanol–water partition coefficient (Wildman–Crippen LogP) is 1.48. The molecule has 1 aliphatic rings. The van der Waals surface area contributed by atoms with Crippen LogP contribution in [0.5, 0.6) is 0 Å². The van der Waals surface area contributed by atoms with Crippen molar-refractivity contribution in [1.82, 2.24) is 10.2 Å². The number of likely N-dealkylation sites (N-methyl/N-ethyl adjacent to an activating group) is 1. The number of aliphatic hydroxyl groups is 1. The molecule has 0 spiro atoms. The molecule has 4 heteroatoms. The van der Waals surface area contributed by atoms with Gasteiger partial charge in [-0.15, -0.1) is 0 Å². The first-order valence-electron chi connectivity index (χ1n) is 7.49. The smallest absolute Gasteiger partial charge is 0.0790 e. The van der Waals surface area contributed by atoms with E-state index in [4.69, 9.17) is 9.84 Å². The average molecular weight is 272 g/mol. The van der Waals surface area contributed by atoms with E-state index in [0.717, 1.165) is 26.1 Å². The molecule has 0 bridgehead atoms. The third-order valence-corrected chi connectivity index (χ3v) is 4.42. The number of nitrogens with zero attached hydrogens (tertiary/aromatic N) is 1. The monoisotopic (exact) mass is 272 g/mol. The first kappa shape index (κ1) is 16.9. The van der Waals surface area contributed by atoms with Gasteiger partial charge in [-0.2, -0.15) is 0 Å². The number of hydrogen-bond donors (Lipinski definition) is 2. The molecule has 0 aliphatic carbocycles. The summed E-state index contributed by atoms with van der Waals surface area (Å²) in [6.07, 6.45) is 0.843. The van der Waals surface area contributed by atoms with Crippen molar-refractivity contribution in [3.8, 4) is 0 Å². The Kier molecular flexibility index (Phi) is 5.80. The van der Waals surface area contributed by atoms with Gasteiger partial charge >= 0.3 is 0 Å². The minimum Gasteiger partial charge on any atom is -0.396 e. The van der Waals surface area contributed by atoms with Crippen LogP contribution >= 0.6 is 0 Å². The van der Waals surface area contributed by atoms with Gasteiger partial charge in [0.2, 0.25) is 0 Å². The Morgan fingerprint density at radius 3 is 2.32 bits per heavy atom. The highest BCUT2D eigenvalue weighted by molar-refractivity contribution is 5.05. The fraction of sp³-hybridized carbons (Fsp3) is 1.00. The maximum absolute atomic E-state index is 8.99. The molecule has 1 heterocycles. The van der Waals surface area contributed by atoms with Gasteiger partial charge in [0.25, 0.3) is 0 Å². The Bertz CT molecular complexity index is 279. The summed E-state index contributed by atoms with van der Waals surface area (Å²) in [6, 6.07) is 0.352. The zero-order valence-electron chi connectivity index (χ0n) is 13.5. The van der Waals surface area contributed by atoms with Crippen LogP contribution in [-0.4, -0.2) is 60.5 Å². The van der Waals surface area contributed by atoms with Crippen LogP contribution in [0.1, 0.15) is 41.0 Å². The lowest BCUT2D eigenvalue weighted by Gasteiger charge is -2.33. The van der Waals surface area contributed by atoms with Crippen LogP contribution in [0.4, 0.5) is 0 Å². The Hall–Kier alpha value is -0.160. The van der Waals surface area contributed by atoms with Gasteiger partial charge in [0, 0.05) is 31.7 Å². The van der Waals surface area contributed by atoms with Crippen molar-refractivity contribution in [2.45, 2.75) is 58.3 Å². The predicted molar refractivity (Wildman–Crippen MR) is 79.4 cm³/mol. The molecule has 0 aromatic heterocycles. The summed E-state index contributed by atoms with van der Waals surface area (Å²) < 4.78 is 6.26. The molecule has 2 atom stereocenters. The number of ether oxygens (including phenoxy) is 1. The van der Waals surface area contributed by atoms with Crippen molar-refractivity contribution in [2.75, 3.05) is 33.3 Å². The molecule has 0 aromatic carbocycles. The van der Waals surface area contributed by atoms with Crippen molar-refractivity contribution >= 4 is 0 Å². The van der Waals surface area contributed by atoms with Crippen molar-refractivity contribution in [3.63, 3.8) is 0 Å². The molecule has 2 N–H and O–H groups in total. The number of nitrogens with one attached hydrogen (secondary N) is 1. The van der Waals surface area contributed by atoms with Crippen LogP contribution in [0, 0.1) is 5.92 Å². The van der Waals surface area contributed by atoms with Crippen molar-refractivity contribution in [2.24, 2.45) is 5.92 Å². The van der Waals surface area contributed by atoms with Crippen LogP contribution in [0.2, 0.25) is 0 Å². The minimum absolute atomic E-state index is 0.121. The third-order valence-electron chi connectivity index (χ3n) is 4.42. The van der Waals surface area contributed by atoms with Gasteiger partial charge in [0.05, 0.1) is 11.2 Å². The summed E-state index contributed by atoms with van der Waals surface area (Å²) in [7, 11) is 2.02. The molecule has 1 rings (SSSR count). The van der Waals surface area contributed by atoms with Crippen LogP contribution in [0.15, 0.2) is 0 Å². The fourth-order valence-corrected chi connectivity index (χ4v) is 3.53. The SMILES string of the molecule is CCN(CCCO)CC1C(NC)C(C)(C)OC1(C)C. The zero-order chi connectivity index (χ0) is 14.7. The van der Waals surface area contributed by atoms with E-state index in [1.807, 2.05) is 7.05 Å². The van der Waals surface area contributed by atoms with Gasteiger partial charge in [-0.1, -0.05) is 6.92 Å². The summed E-state index contributed by atoms with van der Waals surface area (Å²) in [4.78, 5) is 2.41. The number of aliphatic hydroxyl groups excluding tert-OH is 1. The van der Waals surface area contributed by atoms with E-state index >= 15 is 0 Å². The summed E-state index contributed by atoms with van der Waals surface area (Å²) in [5.74, 6) is 0.450. The quantitative estimate of drug-likeness (QED) is 0.737. The summed E-state index contributed by atoms with van der Waals surface area (Å²) in [5.41, 5.74) is -0.261. The molecule has 0 amide bonds. The molecule has 1 saturated heterocycles. The second-order valence-corrected chi connectivity index (χ2v) is 6.65. The van der Waals surface area contributed by atoms with Crippen LogP contribution in [0.25, 0.3) is 0 Å².